The number of nitrogens with one attached hydrogen (secondary N) is 3. The van der Waals surface area contributed by atoms with Gasteiger partial charge in [-0.25, -0.2) is 34.7 Å². The molecular formula is C27H39N3O6S4. The predicted octanol–water partition coefficient (Wildman–Crippen LogP) is 4.55. The molecule has 3 N–H and O–H groups in total. The second-order valence-electron chi connectivity index (χ2n) is 10.8. The molecule has 0 unspecified atom stereocenters. The SMILES string of the molecule is CC(C)S(=O)(=O)NCC1(CNS(=O)(=O)C(C)C)CC=CC=C1c1ccc(-c2sccc2NS(=O)(=O)C(C)C)cc1. The third-order valence-electron chi connectivity index (χ3n) is 6.94. The van der Waals surface area contributed by atoms with Crippen LogP contribution >= 0.6 is 11.3 Å². The van der Waals surface area contributed by atoms with Gasteiger partial charge in [-0.15, -0.1) is 11.3 Å². The monoisotopic (exact) mass is 629 g/mol. The Morgan fingerprint density at radius 1 is 0.750 bits per heavy atom. The molecule has 0 bridgehead atoms. The first-order chi connectivity index (χ1) is 18.5. The first kappa shape index (κ1) is 32.5. The summed E-state index contributed by atoms with van der Waals surface area (Å²) < 4.78 is 83.7. The Bertz CT molecular complexity index is 1530. The fourth-order valence-corrected chi connectivity index (χ4v) is 7.30. The minimum absolute atomic E-state index is 0.0120. The molecule has 2 aromatic rings. The summed E-state index contributed by atoms with van der Waals surface area (Å²) in [6.07, 6.45) is 6.10. The first-order valence-electron chi connectivity index (χ1n) is 13.0. The number of anilines is 1. The number of hydrogen-bond acceptors (Lipinski definition) is 7. The van der Waals surface area contributed by atoms with Crippen molar-refractivity contribution in [1.82, 2.24) is 9.44 Å². The van der Waals surface area contributed by atoms with E-state index in [1.807, 2.05) is 47.9 Å². The number of sulfonamides is 3. The molecule has 0 saturated heterocycles. The second kappa shape index (κ2) is 12.5. The quantitative estimate of drug-likeness (QED) is 0.297. The van der Waals surface area contributed by atoms with E-state index in [0.29, 0.717) is 12.1 Å². The van der Waals surface area contributed by atoms with Crippen LogP contribution in [0.25, 0.3) is 16.0 Å². The number of thiophene rings is 1. The van der Waals surface area contributed by atoms with Gasteiger partial charge in [0.05, 0.1) is 26.3 Å². The van der Waals surface area contributed by atoms with Gasteiger partial charge in [-0.05, 0) is 76.1 Å². The molecule has 40 heavy (non-hydrogen) atoms. The third kappa shape index (κ3) is 7.42. The van der Waals surface area contributed by atoms with Crippen LogP contribution in [0.2, 0.25) is 0 Å². The van der Waals surface area contributed by atoms with Crippen LogP contribution in [0, 0.1) is 5.41 Å². The minimum Gasteiger partial charge on any atom is -0.282 e. The maximum Gasteiger partial charge on any atom is 0.235 e. The summed E-state index contributed by atoms with van der Waals surface area (Å²) >= 11 is 1.42. The average Bonchev–Trinajstić information content (AvgIpc) is 3.34. The van der Waals surface area contributed by atoms with Crippen molar-refractivity contribution in [3.05, 3.63) is 59.5 Å². The Balaban J connectivity index is 1.99. The molecule has 1 aliphatic rings. The van der Waals surface area contributed by atoms with Gasteiger partial charge in [0.2, 0.25) is 30.1 Å². The lowest BCUT2D eigenvalue weighted by molar-refractivity contribution is 0.391. The van der Waals surface area contributed by atoms with Crippen molar-refractivity contribution in [2.75, 3.05) is 17.8 Å². The van der Waals surface area contributed by atoms with Gasteiger partial charge in [0.1, 0.15) is 0 Å². The molecular weight excluding hydrogens is 591 g/mol. The molecule has 3 rings (SSSR count). The van der Waals surface area contributed by atoms with Crippen LogP contribution in [0.1, 0.15) is 53.5 Å². The Morgan fingerprint density at radius 2 is 1.25 bits per heavy atom. The summed E-state index contributed by atoms with van der Waals surface area (Å²) in [4.78, 5) is 0.772. The summed E-state index contributed by atoms with van der Waals surface area (Å²) in [5, 5.41) is -0.0437. The Kier molecular flexibility index (Phi) is 10.1. The number of benzene rings is 1. The van der Waals surface area contributed by atoms with Crippen LogP contribution in [-0.4, -0.2) is 54.1 Å². The van der Waals surface area contributed by atoms with Crippen molar-refractivity contribution in [2.45, 2.75) is 63.7 Å². The van der Waals surface area contributed by atoms with E-state index in [1.165, 1.54) is 11.3 Å². The maximum absolute atomic E-state index is 12.7. The van der Waals surface area contributed by atoms with Crippen molar-refractivity contribution in [1.29, 1.82) is 0 Å². The lowest BCUT2D eigenvalue weighted by atomic mass is 9.72. The van der Waals surface area contributed by atoms with E-state index >= 15 is 0 Å². The number of hydrogen-bond donors (Lipinski definition) is 3. The molecule has 0 aliphatic heterocycles. The van der Waals surface area contributed by atoms with Crippen molar-refractivity contribution >= 4 is 52.7 Å². The van der Waals surface area contributed by atoms with Crippen molar-refractivity contribution < 1.29 is 25.3 Å². The van der Waals surface area contributed by atoms with E-state index in [0.717, 1.165) is 21.6 Å². The lowest BCUT2D eigenvalue weighted by Gasteiger charge is -2.38. The van der Waals surface area contributed by atoms with E-state index in [2.05, 4.69) is 14.2 Å². The Labute approximate surface area is 243 Å². The average molecular weight is 630 g/mol. The number of rotatable bonds is 13. The summed E-state index contributed by atoms with van der Waals surface area (Å²) in [5.41, 5.74) is 2.06. The highest BCUT2D eigenvalue weighted by Crippen LogP contribution is 2.42. The maximum atomic E-state index is 12.7. The molecule has 0 atom stereocenters. The van der Waals surface area contributed by atoms with E-state index in [4.69, 9.17) is 0 Å². The molecule has 0 amide bonds. The van der Waals surface area contributed by atoms with Crippen LogP contribution < -0.4 is 14.2 Å². The van der Waals surface area contributed by atoms with Gasteiger partial charge in [0.25, 0.3) is 0 Å². The largest absolute Gasteiger partial charge is 0.282 e. The molecule has 1 aliphatic carbocycles. The third-order valence-corrected chi connectivity index (χ3v) is 13.2. The molecule has 0 saturated carbocycles. The normalized spacial score (nSPS) is 16.1. The van der Waals surface area contributed by atoms with Crippen LogP contribution in [0.4, 0.5) is 5.69 Å². The fraction of sp³-hybridized carbons (Fsp3) is 0.481. The zero-order valence-electron chi connectivity index (χ0n) is 23.6. The molecule has 0 spiro atoms. The van der Waals surface area contributed by atoms with Gasteiger partial charge in [-0.2, -0.15) is 0 Å². The molecule has 1 aromatic heterocycles. The second-order valence-corrected chi connectivity index (χ2v) is 18.6. The highest BCUT2D eigenvalue weighted by molar-refractivity contribution is 7.93. The summed E-state index contributed by atoms with van der Waals surface area (Å²) in [7, 11) is -10.7. The standard InChI is InChI=1S/C27H39N3O6S4/c1-19(2)38(31,32)28-17-27(18-29-39(33,34)20(3)4)15-8-7-9-24(27)22-10-12-23(13-11-22)26-25(14-16-37-26)30-40(35,36)21(5)6/h7-14,16,19-21,28-30H,15,17-18H2,1-6H3. The van der Waals surface area contributed by atoms with Gasteiger partial charge in [0, 0.05) is 18.5 Å². The van der Waals surface area contributed by atoms with Crippen molar-refractivity contribution in [2.24, 2.45) is 5.41 Å². The van der Waals surface area contributed by atoms with E-state index in [1.54, 1.807) is 47.6 Å². The topological polar surface area (TPSA) is 139 Å². The van der Waals surface area contributed by atoms with Crippen molar-refractivity contribution in [3.8, 4) is 10.4 Å². The van der Waals surface area contributed by atoms with Crippen LogP contribution in [0.15, 0.2) is 53.9 Å². The highest BCUT2D eigenvalue weighted by Gasteiger charge is 2.38. The molecule has 222 valence electrons. The first-order valence-corrected chi connectivity index (χ1v) is 18.6. The zero-order valence-corrected chi connectivity index (χ0v) is 26.9. The molecule has 1 aromatic carbocycles. The Hall–Kier alpha value is -2.03. The highest BCUT2D eigenvalue weighted by atomic mass is 32.2. The Morgan fingerprint density at radius 3 is 1.75 bits per heavy atom. The predicted molar refractivity (Wildman–Crippen MR) is 166 cm³/mol. The fourth-order valence-electron chi connectivity index (χ4n) is 4.04. The molecule has 9 nitrogen and oxygen atoms in total. The van der Waals surface area contributed by atoms with E-state index < -0.39 is 51.2 Å². The molecule has 13 heteroatoms. The molecule has 0 radical (unpaired) electrons. The molecule has 1 heterocycles. The van der Waals surface area contributed by atoms with Crippen molar-refractivity contribution in [3.63, 3.8) is 0 Å². The summed E-state index contributed by atoms with van der Waals surface area (Å²) in [6.45, 7) is 9.62. The van der Waals surface area contributed by atoms with Gasteiger partial charge < -0.3 is 0 Å². The summed E-state index contributed by atoms with van der Waals surface area (Å²) in [6, 6.07) is 9.28. The van der Waals surface area contributed by atoms with Crippen LogP contribution in [0.3, 0.4) is 0 Å². The van der Waals surface area contributed by atoms with Gasteiger partial charge >= 0.3 is 0 Å². The van der Waals surface area contributed by atoms with Crippen LogP contribution in [-0.2, 0) is 30.1 Å². The lowest BCUT2D eigenvalue weighted by Crippen LogP contribution is -2.48. The minimum atomic E-state index is -3.61. The van der Waals surface area contributed by atoms with Crippen LogP contribution in [0.5, 0.6) is 0 Å². The summed E-state index contributed by atoms with van der Waals surface area (Å²) in [5.74, 6) is 0. The van der Waals surface area contributed by atoms with Gasteiger partial charge in [-0.1, -0.05) is 42.5 Å². The smallest absolute Gasteiger partial charge is 0.235 e. The molecule has 0 fully saturated rings. The number of allylic oxidation sites excluding steroid dienone is 3. The van der Waals surface area contributed by atoms with E-state index in [-0.39, 0.29) is 13.1 Å². The van der Waals surface area contributed by atoms with Gasteiger partial charge in [-0.3, -0.25) is 4.72 Å². The zero-order chi connectivity index (χ0) is 29.9. The van der Waals surface area contributed by atoms with Gasteiger partial charge in [0.15, 0.2) is 0 Å². The van der Waals surface area contributed by atoms with E-state index in [9.17, 15) is 25.3 Å².